The van der Waals surface area contributed by atoms with Crippen LogP contribution in [0.3, 0.4) is 0 Å². The highest BCUT2D eigenvalue weighted by Gasteiger charge is 2.19. The number of anilines is 3. The van der Waals surface area contributed by atoms with Crippen molar-refractivity contribution in [1.82, 2.24) is 24.8 Å². The molecule has 0 aromatic carbocycles. The predicted molar refractivity (Wildman–Crippen MR) is 135 cm³/mol. The molecular formula is C25H32N8O. The van der Waals surface area contributed by atoms with Crippen molar-refractivity contribution < 1.29 is 4.74 Å². The van der Waals surface area contributed by atoms with Gasteiger partial charge < -0.3 is 20.3 Å². The van der Waals surface area contributed by atoms with E-state index in [2.05, 4.69) is 38.7 Å². The molecule has 0 radical (unpaired) electrons. The Kier molecular flexibility index (Phi) is 6.82. The van der Waals surface area contributed by atoms with Crippen LogP contribution in [0.5, 0.6) is 0 Å². The zero-order valence-electron chi connectivity index (χ0n) is 19.7. The molecule has 34 heavy (non-hydrogen) atoms. The number of hydrogen-bond donors (Lipinski definition) is 1. The minimum Gasteiger partial charge on any atom is -0.384 e. The molecular weight excluding hydrogens is 428 g/mol. The van der Waals surface area contributed by atoms with E-state index in [1.165, 1.54) is 13.0 Å². The first-order valence-electron chi connectivity index (χ1n) is 12.1. The smallest absolute Gasteiger partial charge is 0.226 e. The third-order valence-electron chi connectivity index (χ3n) is 6.37. The lowest BCUT2D eigenvalue weighted by Crippen LogP contribution is -2.46. The fourth-order valence-electron chi connectivity index (χ4n) is 4.43. The van der Waals surface area contributed by atoms with Gasteiger partial charge in [-0.1, -0.05) is 6.92 Å². The Morgan fingerprint density at radius 3 is 2.09 bits per heavy atom. The number of piperazine rings is 1. The van der Waals surface area contributed by atoms with Crippen LogP contribution in [-0.4, -0.2) is 83.9 Å². The average Bonchev–Trinajstić information content (AvgIpc) is 2.90. The van der Waals surface area contributed by atoms with E-state index in [-0.39, 0.29) is 0 Å². The summed E-state index contributed by atoms with van der Waals surface area (Å²) in [4.78, 5) is 25.8. The van der Waals surface area contributed by atoms with Crippen LogP contribution >= 0.6 is 0 Å². The SMILES string of the molecule is CCCN1CCN(c2ccc(-c3cc(-c4ccc(N)nc4)nc(N4CCOCC4)n3)cn2)CC1. The number of rotatable bonds is 6. The summed E-state index contributed by atoms with van der Waals surface area (Å²) >= 11 is 0. The van der Waals surface area contributed by atoms with Crippen LogP contribution in [-0.2, 0) is 4.74 Å². The van der Waals surface area contributed by atoms with Gasteiger partial charge in [-0.3, -0.25) is 4.90 Å². The topological polar surface area (TPSA) is 96.5 Å². The number of pyridine rings is 2. The first-order valence-corrected chi connectivity index (χ1v) is 12.1. The van der Waals surface area contributed by atoms with Crippen molar-refractivity contribution in [1.29, 1.82) is 0 Å². The van der Waals surface area contributed by atoms with E-state index in [0.29, 0.717) is 25.0 Å². The summed E-state index contributed by atoms with van der Waals surface area (Å²) in [6.45, 7) is 10.5. The summed E-state index contributed by atoms with van der Waals surface area (Å²) in [6.07, 6.45) is 4.88. The molecule has 5 heterocycles. The molecule has 178 valence electrons. The second-order valence-corrected chi connectivity index (χ2v) is 8.74. The van der Waals surface area contributed by atoms with E-state index in [1.54, 1.807) is 12.3 Å². The molecule has 2 fully saturated rings. The standard InChI is InChI=1S/C25H32N8O/c1-2-7-31-8-10-32(11-9-31)24-6-4-20(18-28-24)22-16-21(19-3-5-23(26)27-17-19)29-25(30-22)33-12-14-34-15-13-33/h3-6,16-18H,2,7-15H2,1H3,(H2,26,27). The van der Waals surface area contributed by atoms with Crippen LogP contribution in [0.4, 0.5) is 17.6 Å². The molecule has 9 nitrogen and oxygen atoms in total. The van der Waals surface area contributed by atoms with E-state index >= 15 is 0 Å². The van der Waals surface area contributed by atoms with Gasteiger partial charge in [0.25, 0.3) is 0 Å². The summed E-state index contributed by atoms with van der Waals surface area (Å²) < 4.78 is 5.52. The van der Waals surface area contributed by atoms with Crippen molar-refractivity contribution in [3.05, 3.63) is 42.7 Å². The Morgan fingerprint density at radius 2 is 1.50 bits per heavy atom. The molecule has 0 atom stereocenters. The lowest BCUT2D eigenvalue weighted by atomic mass is 10.1. The molecule has 0 bridgehead atoms. The number of hydrogen-bond acceptors (Lipinski definition) is 9. The molecule has 0 amide bonds. The molecule has 0 saturated carbocycles. The van der Waals surface area contributed by atoms with Crippen LogP contribution in [0.25, 0.3) is 22.5 Å². The maximum Gasteiger partial charge on any atom is 0.226 e. The number of nitrogens with two attached hydrogens (primary N) is 1. The van der Waals surface area contributed by atoms with Crippen LogP contribution in [0.15, 0.2) is 42.7 Å². The Labute approximate surface area is 200 Å². The van der Waals surface area contributed by atoms with Crippen LogP contribution < -0.4 is 15.5 Å². The van der Waals surface area contributed by atoms with Gasteiger partial charge in [-0.25, -0.2) is 19.9 Å². The van der Waals surface area contributed by atoms with Gasteiger partial charge in [0.2, 0.25) is 5.95 Å². The first kappa shape index (κ1) is 22.5. The minimum atomic E-state index is 0.488. The molecule has 3 aromatic heterocycles. The van der Waals surface area contributed by atoms with E-state index in [9.17, 15) is 0 Å². The van der Waals surface area contributed by atoms with Crippen LogP contribution in [0, 0.1) is 0 Å². The van der Waals surface area contributed by atoms with Gasteiger partial charge in [-0.05, 0) is 43.3 Å². The number of aromatic nitrogens is 4. The van der Waals surface area contributed by atoms with Crippen molar-refractivity contribution in [2.45, 2.75) is 13.3 Å². The molecule has 5 rings (SSSR count). The fourth-order valence-corrected chi connectivity index (χ4v) is 4.43. The normalized spacial score (nSPS) is 17.2. The Morgan fingerprint density at radius 1 is 0.824 bits per heavy atom. The summed E-state index contributed by atoms with van der Waals surface area (Å²) in [5, 5.41) is 0. The van der Waals surface area contributed by atoms with Gasteiger partial charge in [-0.2, -0.15) is 0 Å². The van der Waals surface area contributed by atoms with Crippen molar-refractivity contribution in [3.63, 3.8) is 0 Å². The maximum atomic E-state index is 5.79. The van der Waals surface area contributed by atoms with E-state index in [4.69, 9.17) is 25.4 Å². The molecule has 2 N–H and O–H groups in total. The first-order chi connectivity index (χ1) is 16.7. The second-order valence-electron chi connectivity index (χ2n) is 8.74. The highest BCUT2D eigenvalue weighted by molar-refractivity contribution is 5.70. The summed E-state index contributed by atoms with van der Waals surface area (Å²) in [5.41, 5.74) is 9.32. The predicted octanol–water partition coefficient (Wildman–Crippen LogP) is 2.55. The van der Waals surface area contributed by atoms with Crippen molar-refractivity contribution in [2.24, 2.45) is 0 Å². The van der Waals surface area contributed by atoms with E-state index in [1.807, 2.05) is 18.3 Å². The largest absolute Gasteiger partial charge is 0.384 e. The molecule has 2 saturated heterocycles. The fraction of sp³-hybridized carbons (Fsp3) is 0.440. The Bertz CT molecular complexity index is 1080. The lowest BCUT2D eigenvalue weighted by Gasteiger charge is -2.35. The maximum absolute atomic E-state index is 5.79. The average molecular weight is 461 g/mol. The van der Waals surface area contributed by atoms with Crippen LogP contribution in [0.2, 0.25) is 0 Å². The summed E-state index contributed by atoms with van der Waals surface area (Å²) in [7, 11) is 0. The van der Waals surface area contributed by atoms with E-state index < -0.39 is 0 Å². The molecule has 0 unspecified atom stereocenters. The quantitative estimate of drug-likeness (QED) is 0.595. The highest BCUT2D eigenvalue weighted by Crippen LogP contribution is 2.27. The number of morpholine rings is 1. The van der Waals surface area contributed by atoms with E-state index in [0.717, 1.165) is 67.6 Å². The van der Waals surface area contributed by atoms with Gasteiger partial charge >= 0.3 is 0 Å². The van der Waals surface area contributed by atoms with Gasteiger partial charge in [0.05, 0.1) is 24.6 Å². The minimum absolute atomic E-state index is 0.488. The van der Waals surface area contributed by atoms with Gasteiger partial charge in [0, 0.05) is 62.8 Å². The molecule has 0 spiro atoms. The third kappa shape index (κ3) is 5.10. The number of nitrogens with zero attached hydrogens (tertiary/aromatic N) is 7. The molecule has 2 aliphatic rings. The molecule has 2 aliphatic heterocycles. The van der Waals surface area contributed by atoms with Gasteiger partial charge in [0.15, 0.2) is 0 Å². The molecule has 0 aliphatic carbocycles. The molecule has 9 heteroatoms. The Hall–Kier alpha value is -3.30. The summed E-state index contributed by atoms with van der Waals surface area (Å²) in [6, 6.07) is 9.94. The highest BCUT2D eigenvalue weighted by atomic mass is 16.5. The van der Waals surface area contributed by atoms with Gasteiger partial charge in [0.1, 0.15) is 11.6 Å². The van der Waals surface area contributed by atoms with Crippen molar-refractivity contribution in [3.8, 4) is 22.5 Å². The zero-order valence-corrected chi connectivity index (χ0v) is 19.7. The van der Waals surface area contributed by atoms with Gasteiger partial charge in [-0.15, -0.1) is 0 Å². The number of nitrogen functional groups attached to an aromatic ring is 1. The Balaban J connectivity index is 1.41. The zero-order chi connectivity index (χ0) is 23.3. The van der Waals surface area contributed by atoms with Crippen molar-refractivity contribution in [2.75, 3.05) is 74.6 Å². The summed E-state index contributed by atoms with van der Waals surface area (Å²) in [5.74, 6) is 2.20. The third-order valence-corrected chi connectivity index (χ3v) is 6.37. The van der Waals surface area contributed by atoms with Crippen LogP contribution in [0.1, 0.15) is 13.3 Å². The second kappa shape index (κ2) is 10.3. The monoisotopic (exact) mass is 460 g/mol. The molecule has 3 aromatic rings. The lowest BCUT2D eigenvalue weighted by molar-refractivity contribution is 0.122. The number of ether oxygens (including phenoxy) is 1. The van der Waals surface area contributed by atoms with Crippen molar-refractivity contribution >= 4 is 17.6 Å².